The van der Waals surface area contributed by atoms with E-state index in [0.29, 0.717) is 24.9 Å². The summed E-state index contributed by atoms with van der Waals surface area (Å²) < 4.78 is 59.4. The Hall–Kier alpha value is -1.50. The second kappa shape index (κ2) is 6.98. The minimum atomic E-state index is -4.48. The molecule has 0 heterocycles. The van der Waals surface area contributed by atoms with Gasteiger partial charge in [-0.2, -0.15) is 13.2 Å². The van der Waals surface area contributed by atoms with Crippen LogP contribution in [-0.4, -0.2) is 32.0 Å². The van der Waals surface area contributed by atoms with Gasteiger partial charge in [-0.25, -0.2) is 4.39 Å². The van der Waals surface area contributed by atoms with Crippen LogP contribution in [-0.2, 0) is 4.74 Å². The van der Waals surface area contributed by atoms with Gasteiger partial charge in [0.15, 0.2) is 18.2 Å². The van der Waals surface area contributed by atoms with E-state index in [1.54, 1.807) is 0 Å². The number of benzene rings is 1. The fourth-order valence-electron chi connectivity index (χ4n) is 1.85. The van der Waals surface area contributed by atoms with Gasteiger partial charge < -0.3 is 14.8 Å². The Morgan fingerprint density at radius 3 is 2.57 bits per heavy atom. The molecule has 0 bridgehead atoms. The highest BCUT2D eigenvalue weighted by molar-refractivity contribution is 5.47. The molecule has 2 rings (SSSR count). The van der Waals surface area contributed by atoms with E-state index < -0.39 is 24.3 Å². The number of hydrogen-bond donors (Lipinski definition) is 1. The van der Waals surface area contributed by atoms with Gasteiger partial charge in [0, 0.05) is 18.3 Å². The highest BCUT2D eigenvalue weighted by atomic mass is 19.4. The van der Waals surface area contributed by atoms with Crippen molar-refractivity contribution in [2.45, 2.75) is 31.5 Å². The monoisotopic (exact) mass is 307 g/mol. The molecule has 0 unspecified atom stereocenters. The third-order valence-corrected chi connectivity index (χ3v) is 3.16. The van der Waals surface area contributed by atoms with E-state index in [4.69, 9.17) is 4.74 Å². The number of halogens is 4. The molecule has 1 aromatic carbocycles. The summed E-state index contributed by atoms with van der Waals surface area (Å²) in [6, 6.07) is 3.75. The van der Waals surface area contributed by atoms with Crippen LogP contribution >= 0.6 is 0 Å². The molecule has 21 heavy (non-hydrogen) atoms. The van der Waals surface area contributed by atoms with Gasteiger partial charge in [-0.1, -0.05) is 0 Å². The molecule has 7 heteroatoms. The van der Waals surface area contributed by atoms with Crippen LogP contribution in [0.2, 0.25) is 0 Å². The summed E-state index contributed by atoms with van der Waals surface area (Å²) in [7, 11) is 0. The predicted octanol–water partition coefficient (Wildman–Crippen LogP) is 3.75. The van der Waals surface area contributed by atoms with E-state index >= 15 is 0 Å². The first kappa shape index (κ1) is 15.9. The quantitative estimate of drug-likeness (QED) is 0.615. The number of anilines is 1. The summed E-state index contributed by atoms with van der Waals surface area (Å²) in [6.45, 7) is -0.483. The van der Waals surface area contributed by atoms with Crippen LogP contribution in [0.3, 0.4) is 0 Å². The lowest BCUT2D eigenvalue weighted by Gasteiger charge is -2.25. The van der Waals surface area contributed by atoms with Crippen molar-refractivity contribution in [1.29, 1.82) is 0 Å². The van der Waals surface area contributed by atoms with E-state index in [1.807, 2.05) is 0 Å². The minimum Gasteiger partial charge on any atom is -0.481 e. The van der Waals surface area contributed by atoms with Crippen molar-refractivity contribution in [3.8, 4) is 5.75 Å². The summed E-state index contributed by atoms with van der Waals surface area (Å²) in [5.74, 6) is -1.24. The van der Waals surface area contributed by atoms with E-state index in [9.17, 15) is 17.6 Å². The minimum absolute atomic E-state index is 0.335. The fraction of sp³-hybridized carbons (Fsp3) is 0.571. The number of nitrogens with one attached hydrogen (secondary N) is 1. The highest BCUT2D eigenvalue weighted by Gasteiger charge is 2.28. The van der Waals surface area contributed by atoms with E-state index in [1.165, 1.54) is 18.6 Å². The first-order valence-corrected chi connectivity index (χ1v) is 6.78. The molecule has 0 aromatic heterocycles. The zero-order valence-electron chi connectivity index (χ0n) is 11.4. The topological polar surface area (TPSA) is 30.5 Å². The zero-order chi connectivity index (χ0) is 15.3. The predicted molar refractivity (Wildman–Crippen MR) is 70.0 cm³/mol. The fourth-order valence-corrected chi connectivity index (χ4v) is 1.85. The third-order valence-electron chi connectivity index (χ3n) is 3.16. The molecule has 1 aromatic rings. The van der Waals surface area contributed by atoms with Crippen molar-refractivity contribution >= 4 is 5.69 Å². The van der Waals surface area contributed by atoms with Gasteiger partial charge in [0.2, 0.25) is 0 Å². The molecule has 1 saturated carbocycles. The summed E-state index contributed by atoms with van der Waals surface area (Å²) >= 11 is 0. The number of rotatable bonds is 7. The van der Waals surface area contributed by atoms with Crippen LogP contribution in [0.5, 0.6) is 5.75 Å². The molecule has 1 aliphatic rings. The molecule has 3 nitrogen and oxygen atoms in total. The van der Waals surface area contributed by atoms with Gasteiger partial charge in [0.05, 0.1) is 12.7 Å². The summed E-state index contributed by atoms with van der Waals surface area (Å²) in [5.41, 5.74) is 0.476. The van der Waals surface area contributed by atoms with Crippen molar-refractivity contribution in [1.82, 2.24) is 0 Å². The lowest BCUT2D eigenvalue weighted by Crippen LogP contribution is -2.24. The molecular formula is C14H17F4NO2. The molecule has 0 spiro atoms. The molecule has 1 fully saturated rings. The summed E-state index contributed by atoms with van der Waals surface area (Å²) in [6.07, 6.45) is -0.785. The van der Waals surface area contributed by atoms with Crippen LogP contribution in [0, 0.1) is 5.82 Å². The Kier molecular flexibility index (Phi) is 5.27. The number of ether oxygens (including phenoxy) is 2. The maximum absolute atomic E-state index is 13.6. The SMILES string of the molecule is Fc1cc(NCCOC2CCC2)ccc1OCC(F)(F)F. The second-order valence-corrected chi connectivity index (χ2v) is 4.90. The highest BCUT2D eigenvalue weighted by Crippen LogP contribution is 2.24. The number of hydrogen-bond acceptors (Lipinski definition) is 3. The van der Waals surface area contributed by atoms with Crippen LogP contribution in [0.1, 0.15) is 19.3 Å². The first-order chi connectivity index (χ1) is 9.94. The van der Waals surface area contributed by atoms with Crippen molar-refractivity contribution in [3.63, 3.8) is 0 Å². The third kappa shape index (κ3) is 5.41. The van der Waals surface area contributed by atoms with Gasteiger partial charge in [-0.05, 0) is 31.4 Å². The summed E-state index contributed by atoms with van der Waals surface area (Å²) in [5, 5.41) is 2.95. The second-order valence-electron chi connectivity index (χ2n) is 4.90. The molecule has 0 radical (unpaired) electrons. The average Bonchev–Trinajstić information content (AvgIpc) is 2.34. The molecule has 0 amide bonds. The Morgan fingerprint density at radius 2 is 2.00 bits per heavy atom. The molecule has 1 N–H and O–H groups in total. The molecule has 0 atom stereocenters. The Morgan fingerprint density at radius 1 is 1.24 bits per heavy atom. The summed E-state index contributed by atoms with van der Waals surface area (Å²) in [4.78, 5) is 0. The standard InChI is InChI=1S/C14H17F4NO2/c15-12-8-10(19-6-7-20-11-2-1-3-11)4-5-13(12)21-9-14(16,17)18/h4-5,8,11,19H,1-3,6-7,9H2. The van der Waals surface area contributed by atoms with Gasteiger partial charge in [0.25, 0.3) is 0 Å². The molecule has 1 aliphatic carbocycles. The molecule has 0 aliphatic heterocycles. The molecule has 0 saturated heterocycles. The Bertz CT molecular complexity index is 461. The lowest BCUT2D eigenvalue weighted by atomic mass is 9.96. The maximum Gasteiger partial charge on any atom is 0.422 e. The van der Waals surface area contributed by atoms with E-state index in [2.05, 4.69) is 10.1 Å². The van der Waals surface area contributed by atoms with Gasteiger partial charge in [-0.3, -0.25) is 0 Å². The normalized spacial score (nSPS) is 15.6. The Labute approximate surface area is 120 Å². The first-order valence-electron chi connectivity index (χ1n) is 6.78. The van der Waals surface area contributed by atoms with Crippen LogP contribution < -0.4 is 10.1 Å². The van der Waals surface area contributed by atoms with Crippen molar-refractivity contribution in [2.75, 3.05) is 25.1 Å². The van der Waals surface area contributed by atoms with E-state index in [0.717, 1.165) is 18.9 Å². The smallest absolute Gasteiger partial charge is 0.422 e. The van der Waals surface area contributed by atoms with Crippen LogP contribution in [0.15, 0.2) is 18.2 Å². The van der Waals surface area contributed by atoms with Crippen LogP contribution in [0.25, 0.3) is 0 Å². The van der Waals surface area contributed by atoms with Crippen molar-refractivity contribution in [2.24, 2.45) is 0 Å². The van der Waals surface area contributed by atoms with E-state index in [-0.39, 0.29) is 0 Å². The van der Waals surface area contributed by atoms with Gasteiger partial charge in [-0.15, -0.1) is 0 Å². The van der Waals surface area contributed by atoms with Crippen molar-refractivity contribution < 1.29 is 27.0 Å². The number of alkyl halides is 3. The van der Waals surface area contributed by atoms with Gasteiger partial charge >= 0.3 is 6.18 Å². The maximum atomic E-state index is 13.6. The largest absolute Gasteiger partial charge is 0.481 e. The van der Waals surface area contributed by atoms with Crippen LogP contribution in [0.4, 0.5) is 23.2 Å². The average molecular weight is 307 g/mol. The molecular weight excluding hydrogens is 290 g/mol. The van der Waals surface area contributed by atoms with Crippen molar-refractivity contribution in [3.05, 3.63) is 24.0 Å². The lowest BCUT2D eigenvalue weighted by molar-refractivity contribution is -0.153. The molecule has 118 valence electrons. The Balaban J connectivity index is 1.75. The van der Waals surface area contributed by atoms with Gasteiger partial charge in [0.1, 0.15) is 0 Å². The zero-order valence-corrected chi connectivity index (χ0v) is 11.4.